The molecule has 2 aliphatic heterocycles. The first-order valence-electron chi connectivity index (χ1n) is 9.48. The molecule has 0 spiro atoms. The number of nitrogens with zero attached hydrogens (tertiary/aromatic N) is 3. The minimum absolute atomic E-state index is 0.101. The number of carbonyl (C=O) groups excluding carboxylic acids is 1. The molecule has 0 N–H and O–H groups in total. The monoisotopic (exact) mass is 345 g/mol. The Bertz CT molecular complexity index is 569. The fourth-order valence-corrected chi connectivity index (χ4v) is 3.84. The molecule has 3 rings (SSSR count). The van der Waals surface area contributed by atoms with Crippen molar-refractivity contribution in [2.75, 3.05) is 44.2 Å². The lowest BCUT2D eigenvalue weighted by Gasteiger charge is -2.38. The summed E-state index contributed by atoms with van der Waals surface area (Å²) < 4.78 is 5.72. The lowest BCUT2D eigenvalue weighted by molar-refractivity contribution is -0.0586. The van der Waals surface area contributed by atoms with Crippen molar-refractivity contribution in [2.24, 2.45) is 0 Å². The highest BCUT2D eigenvalue weighted by Gasteiger charge is 2.26. The van der Waals surface area contributed by atoms with Crippen molar-refractivity contribution in [1.29, 1.82) is 0 Å². The molecule has 25 heavy (non-hydrogen) atoms. The van der Waals surface area contributed by atoms with Gasteiger partial charge in [0.25, 0.3) is 5.91 Å². The molecule has 0 aromatic heterocycles. The van der Waals surface area contributed by atoms with Gasteiger partial charge >= 0.3 is 0 Å². The van der Waals surface area contributed by atoms with Crippen LogP contribution < -0.4 is 4.90 Å². The van der Waals surface area contributed by atoms with E-state index < -0.39 is 0 Å². The van der Waals surface area contributed by atoms with Crippen LogP contribution in [0.3, 0.4) is 0 Å². The molecule has 1 amide bonds. The van der Waals surface area contributed by atoms with Crippen molar-refractivity contribution in [1.82, 2.24) is 9.80 Å². The van der Waals surface area contributed by atoms with Crippen LogP contribution in [0.2, 0.25) is 0 Å². The number of anilines is 1. The number of rotatable bonds is 3. The van der Waals surface area contributed by atoms with Gasteiger partial charge in [-0.25, -0.2) is 0 Å². The molecular formula is C20H31N3O2. The van der Waals surface area contributed by atoms with Gasteiger partial charge in [-0.05, 0) is 52.0 Å². The Morgan fingerprint density at radius 3 is 2.08 bits per heavy atom. The van der Waals surface area contributed by atoms with Crippen LogP contribution in [0.15, 0.2) is 24.3 Å². The number of hydrogen-bond acceptors (Lipinski definition) is 4. The quantitative estimate of drug-likeness (QED) is 0.843. The topological polar surface area (TPSA) is 36.0 Å². The summed E-state index contributed by atoms with van der Waals surface area (Å²) in [5.74, 6) is 0.109. The first kappa shape index (κ1) is 18.2. The van der Waals surface area contributed by atoms with Crippen LogP contribution in [0.4, 0.5) is 5.69 Å². The van der Waals surface area contributed by atoms with Crippen LogP contribution in [0.1, 0.15) is 38.1 Å². The molecule has 2 fully saturated rings. The second kappa shape index (κ2) is 7.75. The molecule has 138 valence electrons. The van der Waals surface area contributed by atoms with Crippen molar-refractivity contribution in [3.63, 3.8) is 0 Å². The summed E-state index contributed by atoms with van der Waals surface area (Å²) in [5.41, 5.74) is 1.98. The molecule has 2 aliphatic rings. The van der Waals surface area contributed by atoms with Crippen molar-refractivity contribution >= 4 is 11.6 Å². The number of piperazine rings is 1. The molecule has 0 saturated carbocycles. The second-order valence-corrected chi connectivity index (χ2v) is 7.63. The lowest BCUT2D eigenvalue weighted by atomic mass is 10.1. The maximum Gasteiger partial charge on any atom is 0.254 e. The number of ether oxygens (including phenoxy) is 1. The Labute approximate surface area is 151 Å². The molecule has 0 radical (unpaired) electrons. The first-order chi connectivity index (χ1) is 11.9. The predicted molar refractivity (Wildman–Crippen MR) is 101 cm³/mol. The average Bonchev–Trinajstić information content (AvgIpc) is 2.60. The summed E-state index contributed by atoms with van der Waals surface area (Å²) in [6.07, 6.45) is 0.202. The Kier molecular flexibility index (Phi) is 5.64. The zero-order valence-corrected chi connectivity index (χ0v) is 15.9. The maximum absolute atomic E-state index is 12.7. The fraction of sp³-hybridized carbons (Fsp3) is 0.650. The summed E-state index contributed by atoms with van der Waals surface area (Å²) in [5, 5.41) is 0. The smallest absolute Gasteiger partial charge is 0.254 e. The molecular weight excluding hydrogens is 314 g/mol. The predicted octanol–water partition coefficient (Wildman–Crippen LogP) is 2.47. The summed E-state index contributed by atoms with van der Waals surface area (Å²) in [7, 11) is 0. The van der Waals surface area contributed by atoms with Gasteiger partial charge in [0.2, 0.25) is 0 Å². The molecule has 0 unspecified atom stereocenters. The zero-order valence-electron chi connectivity index (χ0n) is 15.9. The highest BCUT2D eigenvalue weighted by molar-refractivity contribution is 5.94. The van der Waals surface area contributed by atoms with Crippen LogP contribution in [0.5, 0.6) is 0 Å². The largest absolute Gasteiger partial charge is 0.372 e. The highest BCUT2D eigenvalue weighted by Crippen LogP contribution is 2.20. The molecule has 1 aromatic rings. The molecule has 2 saturated heterocycles. The van der Waals surface area contributed by atoms with Gasteiger partial charge in [0.05, 0.1) is 12.2 Å². The summed E-state index contributed by atoms with van der Waals surface area (Å²) >= 11 is 0. The molecule has 5 heteroatoms. The SMILES string of the molecule is CC(C)N1CCN(c2ccc(C(=O)N3C[C@@H](C)O[C@H](C)C3)cc2)CC1. The minimum atomic E-state index is 0.101. The standard InChI is InChI=1S/C20H31N3O2/c1-15(2)21-9-11-22(12-10-21)19-7-5-18(6-8-19)20(24)23-13-16(3)25-17(4)14-23/h5-8,15-17H,9-14H2,1-4H3/t16-,17-/m1/s1. The first-order valence-corrected chi connectivity index (χ1v) is 9.48. The molecule has 2 heterocycles. The zero-order chi connectivity index (χ0) is 18.0. The Morgan fingerprint density at radius 1 is 1.00 bits per heavy atom. The van der Waals surface area contributed by atoms with E-state index in [0.29, 0.717) is 19.1 Å². The van der Waals surface area contributed by atoms with E-state index in [1.165, 1.54) is 5.69 Å². The Hall–Kier alpha value is -1.59. The van der Waals surface area contributed by atoms with Crippen molar-refractivity contribution < 1.29 is 9.53 Å². The van der Waals surface area contributed by atoms with Gasteiger partial charge in [0.15, 0.2) is 0 Å². The van der Waals surface area contributed by atoms with E-state index in [4.69, 9.17) is 4.74 Å². The minimum Gasteiger partial charge on any atom is -0.372 e. The van der Waals surface area contributed by atoms with E-state index in [0.717, 1.165) is 31.7 Å². The third-order valence-corrected chi connectivity index (χ3v) is 5.23. The van der Waals surface area contributed by atoms with Gasteiger partial charge in [-0.3, -0.25) is 9.69 Å². The van der Waals surface area contributed by atoms with Crippen molar-refractivity contribution in [3.8, 4) is 0 Å². The lowest BCUT2D eigenvalue weighted by Crippen LogP contribution is -2.49. The van der Waals surface area contributed by atoms with Gasteiger partial charge in [0.1, 0.15) is 0 Å². The molecule has 2 atom stereocenters. The van der Waals surface area contributed by atoms with E-state index in [1.807, 2.05) is 30.9 Å². The number of hydrogen-bond donors (Lipinski definition) is 0. The summed E-state index contributed by atoms with van der Waals surface area (Å²) in [6.45, 7) is 14.2. The van der Waals surface area contributed by atoms with Crippen LogP contribution in [-0.2, 0) is 4.74 Å². The van der Waals surface area contributed by atoms with E-state index >= 15 is 0 Å². The summed E-state index contributed by atoms with van der Waals surface area (Å²) in [6, 6.07) is 8.73. The Morgan fingerprint density at radius 2 is 1.56 bits per heavy atom. The molecule has 0 aliphatic carbocycles. The number of morpholine rings is 1. The van der Waals surface area contributed by atoms with Crippen molar-refractivity contribution in [3.05, 3.63) is 29.8 Å². The van der Waals surface area contributed by atoms with E-state index in [9.17, 15) is 4.79 Å². The maximum atomic E-state index is 12.7. The summed E-state index contributed by atoms with van der Waals surface area (Å²) in [4.78, 5) is 19.6. The molecule has 1 aromatic carbocycles. The van der Waals surface area contributed by atoms with Gasteiger partial charge in [-0.2, -0.15) is 0 Å². The third-order valence-electron chi connectivity index (χ3n) is 5.23. The van der Waals surface area contributed by atoms with E-state index in [-0.39, 0.29) is 18.1 Å². The highest BCUT2D eigenvalue weighted by atomic mass is 16.5. The van der Waals surface area contributed by atoms with Crippen molar-refractivity contribution in [2.45, 2.75) is 45.9 Å². The van der Waals surface area contributed by atoms with Crippen LogP contribution in [0.25, 0.3) is 0 Å². The van der Waals surface area contributed by atoms with Crippen LogP contribution in [-0.4, -0.2) is 73.2 Å². The average molecular weight is 345 g/mol. The normalized spacial score (nSPS) is 25.5. The van der Waals surface area contributed by atoms with Gasteiger partial charge in [-0.15, -0.1) is 0 Å². The van der Waals surface area contributed by atoms with E-state index in [1.54, 1.807) is 0 Å². The van der Waals surface area contributed by atoms with Gasteiger partial charge in [0, 0.05) is 56.6 Å². The van der Waals surface area contributed by atoms with Crippen LogP contribution >= 0.6 is 0 Å². The third kappa shape index (κ3) is 4.33. The second-order valence-electron chi connectivity index (χ2n) is 7.63. The Balaban J connectivity index is 1.61. The molecule has 0 bridgehead atoms. The number of carbonyl (C=O) groups is 1. The number of amides is 1. The number of benzene rings is 1. The van der Waals surface area contributed by atoms with E-state index in [2.05, 4.69) is 35.8 Å². The fourth-order valence-electron chi connectivity index (χ4n) is 3.84. The van der Waals surface area contributed by atoms with Gasteiger partial charge in [-0.1, -0.05) is 0 Å². The van der Waals surface area contributed by atoms with Crippen LogP contribution in [0, 0.1) is 0 Å². The van der Waals surface area contributed by atoms with Gasteiger partial charge < -0.3 is 14.5 Å². The molecule has 5 nitrogen and oxygen atoms in total.